The second kappa shape index (κ2) is 12.2. The average molecular weight is 674 g/mol. The Bertz CT molecular complexity index is 1660. The monoisotopic (exact) mass is 673 g/mol. The summed E-state index contributed by atoms with van der Waals surface area (Å²) in [5.74, 6) is -2.95. The molecular formula is C31H34ClF2N7O6. The van der Waals surface area contributed by atoms with Gasteiger partial charge in [-0.3, -0.25) is 0 Å². The predicted octanol–water partition coefficient (Wildman–Crippen LogP) is 3.55. The second-order valence-corrected chi connectivity index (χ2v) is 12.6. The Morgan fingerprint density at radius 3 is 2.66 bits per heavy atom. The van der Waals surface area contributed by atoms with Crippen LogP contribution in [0.3, 0.4) is 0 Å². The van der Waals surface area contributed by atoms with E-state index in [2.05, 4.69) is 31.8 Å². The van der Waals surface area contributed by atoms with Crippen LogP contribution in [0.5, 0.6) is 11.8 Å². The van der Waals surface area contributed by atoms with Crippen LogP contribution >= 0.6 is 11.6 Å². The maximum absolute atomic E-state index is 13.9. The van der Waals surface area contributed by atoms with Crippen molar-refractivity contribution in [2.45, 2.75) is 50.0 Å². The van der Waals surface area contributed by atoms with Crippen LogP contribution in [0.1, 0.15) is 20.3 Å². The molecule has 7 rings (SSSR count). The molecule has 47 heavy (non-hydrogen) atoms. The van der Waals surface area contributed by atoms with Crippen LogP contribution in [0.2, 0.25) is 5.02 Å². The number of hydrogen-bond acceptors (Lipinski definition) is 12. The molecule has 3 aromatic rings. The van der Waals surface area contributed by atoms with E-state index in [0.717, 1.165) is 0 Å². The molecule has 4 aliphatic rings. The molecule has 4 fully saturated rings. The number of ether oxygens (including phenoxy) is 4. The fourth-order valence-electron chi connectivity index (χ4n) is 6.42. The van der Waals surface area contributed by atoms with E-state index in [9.17, 15) is 18.7 Å². The van der Waals surface area contributed by atoms with Gasteiger partial charge in [-0.15, -0.1) is 0 Å². The van der Waals surface area contributed by atoms with Crippen LogP contribution in [0.15, 0.2) is 36.5 Å². The van der Waals surface area contributed by atoms with Gasteiger partial charge >= 0.3 is 5.97 Å². The van der Waals surface area contributed by atoms with E-state index < -0.39 is 42.7 Å². The molecule has 0 radical (unpaired) electrons. The van der Waals surface area contributed by atoms with Crippen molar-refractivity contribution in [3.63, 3.8) is 0 Å². The van der Waals surface area contributed by atoms with Gasteiger partial charge in [-0.05, 0) is 26.0 Å². The number of nitrogens with zero attached hydrogens (tertiary/aromatic N) is 7. The summed E-state index contributed by atoms with van der Waals surface area (Å²) in [7, 11) is 0. The molecule has 1 N–H and O–H groups in total. The molecule has 0 bridgehead atoms. The fourth-order valence-corrected chi connectivity index (χ4v) is 6.58. The van der Waals surface area contributed by atoms with Gasteiger partial charge < -0.3 is 38.8 Å². The number of morpholine rings is 1. The number of rotatable bonds is 9. The Morgan fingerprint density at radius 1 is 1.15 bits per heavy atom. The Labute approximate surface area is 274 Å². The van der Waals surface area contributed by atoms with E-state index in [1.165, 1.54) is 11.1 Å². The number of alkyl halides is 2. The van der Waals surface area contributed by atoms with E-state index in [-0.39, 0.29) is 30.8 Å². The minimum absolute atomic E-state index is 0.0532. The Kier molecular flexibility index (Phi) is 8.17. The van der Waals surface area contributed by atoms with E-state index >= 15 is 0 Å². The summed E-state index contributed by atoms with van der Waals surface area (Å²) in [6.45, 7) is 5.37. The highest BCUT2D eigenvalue weighted by Crippen LogP contribution is 2.40. The van der Waals surface area contributed by atoms with Crippen molar-refractivity contribution in [2.75, 3.05) is 67.3 Å². The van der Waals surface area contributed by atoms with Gasteiger partial charge in [0.25, 0.3) is 5.92 Å². The highest BCUT2D eigenvalue weighted by atomic mass is 35.5. The highest BCUT2D eigenvalue weighted by Gasteiger charge is 2.50. The number of aromatic nitrogens is 4. The number of carboxylic acids is 1. The van der Waals surface area contributed by atoms with Crippen LogP contribution < -0.4 is 24.2 Å². The summed E-state index contributed by atoms with van der Waals surface area (Å²) < 4.78 is 51.3. The third-order valence-electron chi connectivity index (χ3n) is 8.98. The van der Waals surface area contributed by atoms with Crippen molar-refractivity contribution in [2.24, 2.45) is 0 Å². The summed E-state index contributed by atoms with van der Waals surface area (Å²) in [4.78, 5) is 35.8. The van der Waals surface area contributed by atoms with Gasteiger partial charge in [0, 0.05) is 31.3 Å². The standard InChI is InChI=1S/C31H34ClF2N7O6/c1-3-45-26-6-4-5-21(36-26)22-11-25(38-29(37-22)39-14-31(33,34)15-39)41-13-20(10-24(41)28(42)43)47-27-23(9-19(32)12-35-27)40-7-8-46-30(18(40)2)16-44-17-30/h4-6,9,11-12,18,20,24H,3,7-8,10,13-17H2,1-2H3,(H,42,43)/t18-,20-,24-/m0/s1. The summed E-state index contributed by atoms with van der Waals surface area (Å²) in [6, 6.07) is 7.48. The number of pyridine rings is 2. The van der Waals surface area contributed by atoms with Crippen LogP contribution in [0.4, 0.5) is 26.2 Å². The molecule has 3 aromatic heterocycles. The first kappa shape index (κ1) is 31.5. The second-order valence-electron chi connectivity index (χ2n) is 12.2. The van der Waals surface area contributed by atoms with Crippen LogP contribution in [0, 0.1) is 0 Å². The summed E-state index contributed by atoms with van der Waals surface area (Å²) in [5.41, 5.74) is 1.01. The smallest absolute Gasteiger partial charge is 0.326 e. The molecule has 250 valence electrons. The lowest BCUT2D eigenvalue weighted by Crippen LogP contribution is -2.68. The molecule has 16 heteroatoms. The molecule has 0 aromatic carbocycles. The van der Waals surface area contributed by atoms with Crippen LogP contribution in [-0.2, 0) is 14.3 Å². The summed E-state index contributed by atoms with van der Waals surface area (Å²) in [5, 5.41) is 10.7. The number of hydrogen-bond donors (Lipinski definition) is 1. The van der Waals surface area contributed by atoms with Gasteiger partial charge in [0.2, 0.25) is 17.7 Å². The van der Waals surface area contributed by atoms with Gasteiger partial charge in [0.1, 0.15) is 29.3 Å². The van der Waals surface area contributed by atoms with Crippen molar-refractivity contribution >= 4 is 35.0 Å². The third-order valence-corrected chi connectivity index (χ3v) is 9.18. The third kappa shape index (κ3) is 6.07. The van der Waals surface area contributed by atoms with Crippen molar-refractivity contribution in [3.05, 3.63) is 41.6 Å². The maximum atomic E-state index is 13.9. The number of anilines is 3. The average Bonchev–Trinajstić information content (AvgIpc) is 3.45. The lowest BCUT2D eigenvalue weighted by Gasteiger charge is -2.53. The van der Waals surface area contributed by atoms with Crippen LogP contribution in [0.25, 0.3) is 11.4 Å². The Balaban J connectivity index is 1.19. The predicted molar refractivity (Wildman–Crippen MR) is 167 cm³/mol. The van der Waals surface area contributed by atoms with Gasteiger partial charge in [0.05, 0.1) is 68.5 Å². The molecule has 1 spiro atoms. The minimum atomic E-state index is -2.87. The minimum Gasteiger partial charge on any atom is -0.480 e. The number of halogens is 3. The van der Waals surface area contributed by atoms with Crippen molar-refractivity contribution < 1.29 is 37.6 Å². The lowest BCUT2D eigenvalue weighted by molar-refractivity contribution is -0.228. The molecule has 7 heterocycles. The maximum Gasteiger partial charge on any atom is 0.326 e. The van der Waals surface area contributed by atoms with Crippen molar-refractivity contribution in [1.29, 1.82) is 0 Å². The largest absolute Gasteiger partial charge is 0.480 e. The highest BCUT2D eigenvalue weighted by molar-refractivity contribution is 6.30. The Morgan fingerprint density at radius 2 is 1.96 bits per heavy atom. The zero-order valence-electron chi connectivity index (χ0n) is 25.8. The van der Waals surface area contributed by atoms with Gasteiger partial charge in [0.15, 0.2) is 0 Å². The van der Waals surface area contributed by atoms with Gasteiger partial charge in [-0.1, -0.05) is 17.7 Å². The van der Waals surface area contributed by atoms with Crippen LogP contribution in [-0.4, -0.2) is 113 Å². The molecule has 4 aliphatic heterocycles. The zero-order valence-corrected chi connectivity index (χ0v) is 26.6. The number of carboxylic acid groups (broad SMARTS) is 1. The SMILES string of the molecule is CCOc1cccc(-c2cc(N3C[C@@H](Oc4ncc(Cl)cc4N4CCOC5(COC5)[C@@H]4C)C[C@H]3C(=O)O)nc(N3CC(F)(F)C3)n2)n1. The first-order valence-electron chi connectivity index (χ1n) is 15.5. The molecule has 4 saturated heterocycles. The van der Waals surface area contributed by atoms with E-state index in [1.807, 2.05) is 6.92 Å². The molecule has 0 amide bonds. The lowest BCUT2D eigenvalue weighted by atomic mass is 9.90. The first-order chi connectivity index (χ1) is 22.5. The quantitative estimate of drug-likeness (QED) is 0.355. The van der Waals surface area contributed by atoms with Crippen molar-refractivity contribution in [1.82, 2.24) is 19.9 Å². The molecule has 13 nitrogen and oxygen atoms in total. The molecule has 0 unspecified atom stereocenters. The molecule has 3 atom stereocenters. The number of aliphatic carboxylic acids is 1. The topological polar surface area (TPSA) is 136 Å². The normalized spacial score (nSPS) is 24.5. The Hall–Kier alpha value is -4.08. The summed E-state index contributed by atoms with van der Waals surface area (Å²) in [6.07, 6.45) is 1.00. The molecule has 0 saturated carbocycles. The number of carbonyl (C=O) groups is 1. The van der Waals surface area contributed by atoms with E-state index in [1.54, 1.807) is 35.2 Å². The van der Waals surface area contributed by atoms with E-state index in [0.29, 0.717) is 66.8 Å². The van der Waals surface area contributed by atoms with Gasteiger partial charge in [-0.2, -0.15) is 4.98 Å². The first-order valence-corrected chi connectivity index (χ1v) is 15.8. The van der Waals surface area contributed by atoms with Gasteiger partial charge in [-0.25, -0.2) is 28.5 Å². The zero-order chi connectivity index (χ0) is 32.9. The van der Waals surface area contributed by atoms with Crippen molar-refractivity contribution in [3.8, 4) is 23.1 Å². The van der Waals surface area contributed by atoms with E-state index in [4.69, 9.17) is 30.5 Å². The summed E-state index contributed by atoms with van der Waals surface area (Å²) >= 11 is 6.39. The molecular weight excluding hydrogens is 640 g/mol. The fraction of sp³-hybridized carbons (Fsp3) is 0.516. The molecule has 0 aliphatic carbocycles.